The van der Waals surface area contributed by atoms with Crippen molar-refractivity contribution in [2.75, 3.05) is 18.8 Å². The summed E-state index contributed by atoms with van der Waals surface area (Å²) in [5, 5.41) is 6.12. The Hall–Kier alpha value is -2.76. The van der Waals surface area contributed by atoms with E-state index < -0.39 is 0 Å². The van der Waals surface area contributed by atoms with Crippen molar-refractivity contribution in [3.63, 3.8) is 0 Å². The molecule has 0 N–H and O–H groups in total. The molecule has 0 radical (unpaired) electrons. The van der Waals surface area contributed by atoms with Crippen LogP contribution in [0.2, 0.25) is 5.02 Å². The maximum atomic E-state index is 13.3. The molecule has 1 aromatic heterocycles. The molecule has 1 saturated heterocycles. The summed E-state index contributed by atoms with van der Waals surface area (Å²) in [5.74, 6) is 1.62. The fraction of sp³-hybridized carbons (Fsp3) is 0.200. The van der Waals surface area contributed by atoms with Crippen molar-refractivity contribution in [1.29, 1.82) is 0 Å². The summed E-state index contributed by atoms with van der Waals surface area (Å²) in [6, 6.07) is 23.4. The monoisotopic (exact) mass is 448 g/mol. The number of rotatable bonds is 3. The first-order valence-corrected chi connectivity index (χ1v) is 11.7. The van der Waals surface area contributed by atoms with Gasteiger partial charge in [-0.2, -0.15) is 11.8 Å². The van der Waals surface area contributed by atoms with Gasteiger partial charge < -0.3 is 9.42 Å². The fourth-order valence-electron chi connectivity index (χ4n) is 4.01. The number of carbonyl (C=O) groups is 1. The Morgan fingerprint density at radius 1 is 1.03 bits per heavy atom. The molecule has 1 unspecified atom stereocenters. The van der Waals surface area contributed by atoms with E-state index >= 15 is 0 Å². The molecule has 4 nitrogen and oxygen atoms in total. The van der Waals surface area contributed by atoms with Gasteiger partial charge in [-0.15, -0.1) is 0 Å². The zero-order valence-electron chi connectivity index (χ0n) is 16.8. The minimum Gasteiger partial charge on any atom is -0.355 e. The number of carbonyl (C=O) groups excluding carboxylic acids is 1. The summed E-state index contributed by atoms with van der Waals surface area (Å²) in [6.45, 7) is 1.42. The highest BCUT2D eigenvalue weighted by atomic mass is 35.5. The second-order valence-corrected chi connectivity index (χ2v) is 9.29. The van der Waals surface area contributed by atoms with E-state index in [0.29, 0.717) is 23.1 Å². The molecule has 3 aromatic carbocycles. The van der Waals surface area contributed by atoms with Crippen molar-refractivity contribution in [2.45, 2.75) is 11.7 Å². The van der Waals surface area contributed by atoms with Gasteiger partial charge in [-0.3, -0.25) is 4.79 Å². The number of fused-ring (bicyclic) bond motifs is 1. The van der Waals surface area contributed by atoms with Gasteiger partial charge in [-0.1, -0.05) is 65.3 Å². The summed E-state index contributed by atoms with van der Waals surface area (Å²) < 4.78 is 5.58. The highest BCUT2D eigenvalue weighted by Gasteiger charge is 2.24. The van der Waals surface area contributed by atoms with Gasteiger partial charge in [0.25, 0.3) is 5.91 Å². The summed E-state index contributed by atoms with van der Waals surface area (Å²) in [5.41, 5.74) is 3.51. The van der Waals surface area contributed by atoms with Gasteiger partial charge in [-0.05, 0) is 36.2 Å². The van der Waals surface area contributed by atoms with Crippen LogP contribution < -0.4 is 0 Å². The number of thioether (sulfide) groups is 1. The van der Waals surface area contributed by atoms with Crippen LogP contribution in [0.25, 0.3) is 22.2 Å². The Balaban J connectivity index is 1.38. The van der Waals surface area contributed by atoms with Gasteiger partial charge in [0, 0.05) is 40.2 Å². The lowest BCUT2D eigenvalue weighted by Gasteiger charge is -2.20. The molecular formula is C25H21ClN2O2S. The fourth-order valence-corrected chi connectivity index (χ4v) is 5.61. The minimum absolute atomic E-state index is 0.0440. The summed E-state index contributed by atoms with van der Waals surface area (Å²) in [4.78, 5) is 15.3. The van der Waals surface area contributed by atoms with Crippen LogP contribution in [0.3, 0.4) is 0 Å². The quantitative estimate of drug-likeness (QED) is 0.360. The molecule has 5 rings (SSSR count). The number of hydrogen-bond acceptors (Lipinski definition) is 4. The zero-order valence-corrected chi connectivity index (χ0v) is 18.4. The molecule has 0 aliphatic carbocycles. The van der Waals surface area contributed by atoms with E-state index in [0.717, 1.165) is 45.8 Å². The third kappa shape index (κ3) is 4.08. The van der Waals surface area contributed by atoms with E-state index in [1.807, 2.05) is 83.4 Å². The molecule has 0 bridgehead atoms. The maximum Gasteiger partial charge on any atom is 0.253 e. The van der Waals surface area contributed by atoms with Gasteiger partial charge in [0.15, 0.2) is 5.76 Å². The van der Waals surface area contributed by atoms with E-state index in [9.17, 15) is 4.79 Å². The predicted octanol–water partition coefficient (Wildman–Crippen LogP) is 6.47. The molecule has 0 spiro atoms. The summed E-state index contributed by atoms with van der Waals surface area (Å²) in [6.07, 6.45) is 0.880. The molecule has 1 amide bonds. The van der Waals surface area contributed by atoms with E-state index in [2.05, 4.69) is 11.2 Å². The average Bonchev–Trinajstić information content (AvgIpc) is 3.08. The third-order valence-electron chi connectivity index (χ3n) is 5.64. The average molecular weight is 449 g/mol. The topological polar surface area (TPSA) is 46.3 Å². The lowest BCUT2D eigenvalue weighted by molar-refractivity contribution is 0.0767. The van der Waals surface area contributed by atoms with Crippen LogP contribution >= 0.6 is 23.4 Å². The Bertz CT molecular complexity index is 1220. The third-order valence-corrected chi connectivity index (χ3v) is 7.29. The van der Waals surface area contributed by atoms with Crippen molar-refractivity contribution < 1.29 is 9.32 Å². The van der Waals surface area contributed by atoms with Crippen molar-refractivity contribution in [1.82, 2.24) is 10.1 Å². The smallest absolute Gasteiger partial charge is 0.253 e. The number of nitrogens with zero attached hydrogens (tertiary/aromatic N) is 2. The summed E-state index contributed by atoms with van der Waals surface area (Å²) in [7, 11) is 0. The molecule has 31 heavy (non-hydrogen) atoms. The van der Waals surface area contributed by atoms with E-state index in [-0.39, 0.29) is 5.91 Å². The van der Waals surface area contributed by atoms with Crippen LogP contribution in [-0.4, -0.2) is 34.8 Å². The van der Waals surface area contributed by atoms with Crippen molar-refractivity contribution in [3.8, 4) is 11.3 Å². The normalized spacial score (nSPS) is 16.9. The van der Waals surface area contributed by atoms with Gasteiger partial charge in [0.2, 0.25) is 0 Å². The van der Waals surface area contributed by atoms with Crippen molar-refractivity contribution >= 4 is 40.2 Å². The molecular weight excluding hydrogens is 428 g/mol. The van der Waals surface area contributed by atoms with E-state index in [4.69, 9.17) is 16.1 Å². The molecule has 0 saturated carbocycles. The highest BCUT2D eigenvalue weighted by Crippen LogP contribution is 2.38. The molecule has 2 heterocycles. The summed E-state index contributed by atoms with van der Waals surface area (Å²) >= 11 is 8.28. The van der Waals surface area contributed by atoms with Crippen molar-refractivity contribution in [2.24, 2.45) is 0 Å². The van der Waals surface area contributed by atoms with Crippen LogP contribution in [0.1, 0.15) is 27.6 Å². The first-order chi connectivity index (χ1) is 15.2. The van der Waals surface area contributed by atoms with Crippen LogP contribution in [0.5, 0.6) is 0 Å². The second-order valence-electron chi connectivity index (χ2n) is 7.57. The number of hydrogen-bond donors (Lipinski definition) is 0. The number of amides is 1. The SMILES string of the molecule is O=C(c1ccc2noc(-c3ccccc3)c2c1)N1CCSC(c2ccccc2Cl)CC1. The Kier molecular flexibility index (Phi) is 5.70. The first-order valence-electron chi connectivity index (χ1n) is 10.3. The Labute approximate surface area is 190 Å². The van der Waals surface area contributed by atoms with Gasteiger partial charge in [-0.25, -0.2) is 0 Å². The van der Waals surface area contributed by atoms with Crippen molar-refractivity contribution in [3.05, 3.63) is 88.9 Å². The van der Waals surface area contributed by atoms with Gasteiger partial charge >= 0.3 is 0 Å². The molecule has 6 heteroatoms. The van der Waals surface area contributed by atoms with E-state index in [1.165, 1.54) is 0 Å². The number of benzene rings is 3. The Morgan fingerprint density at radius 2 is 1.84 bits per heavy atom. The lowest BCUT2D eigenvalue weighted by Crippen LogP contribution is -2.32. The number of halogens is 1. The molecule has 1 atom stereocenters. The van der Waals surface area contributed by atoms with Gasteiger partial charge in [0.1, 0.15) is 5.52 Å². The molecule has 1 aliphatic rings. The van der Waals surface area contributed by atoms with Crippen LogP contribution in [0.4, 0.5) is 0 Å². The molecule has 1 fully saturated rings. The minimum atomic E-state index is 0.0440. The van der Waals surface area contributed by atoms with Crippen LogP contribution in [0, 0.1) is 0 Å². The number of aromatic nitrogens is 1. The zero-order chi connectivity index (χ0) is 21.2. The predicted molar refractivity (Wildman–Crippen MR) is 127 cm³/mol. The Morgan fingerprint density at radius 3 is 2.68 bits per heavy atom. The van der Waals surface area contributed by atoms with Crippen LogP contribution in [-0.2, 0) is 0 Å². The van der Waals surface area contributed by atoms with Crippen LogP contribution in [0.15, 0.2) is 77.3 Å². The maximum absolute atomic E-state index is 13.3. The van der Waals surface area contributed by atoms with Gasteiger partial charge in [0.05, 0.1) is 5.39 Å². The lowest BCUT2D eigenvalue weighted by atomic mass is 10.1. The molecule has 4 aromatic rings. The standard InChI is InChI=1S/C25H21ClN2O2S/c26-21-9-5-4-8-19(21)23-12-13-28(14-15-31-23)25(29)18-10-11-22-20(16-18)24(30-27-22)17-6-2-1-3-7-17/h1-11,16,23H,12-15H2. The van der Waals surface area contributed by atoms with E-state index in [1.54, 1.807) is 0 Å². The second kappa shape index (κ2) is 8.77. The highest BCUT2D eigenvalue weighted by molar-refractivity contribution is 7.99. The first kappa shape index (κ1) is 20.2. The largest absolute Gasteiger partial charge is 0.355 e. The molecule has 1 aliphatic heterocycles. The molecule has 156 valence electrons.